The zero-order valence-electron chi connectivity index (χ0n) is 16.8. The van der Waals surface area contributed by atoms with E-state index in [1.54, 1.807) is 45.6 Å². The molecule has 1 aliphatic rings. The van der Waals surface area contributed by atoms with Crippen molar-refractivity contribution in [2.75, 3.05) is 6.61 Å². The van der Waals surface area contributed by atoms with Crippen LogP contribution in [0.4, 0.5) is 10.2 Å². The van der Waals surface area contributed by atoms with Crippen LogP contribution in [-0.2, 0) is 6.54 Å². The van der Waals surface area contributed by atoms with Crippen LogP contribution in [0.2, 0.25) is 0 Å². The third-order valence-electron chi connectivity index (χ3n) is 4.95. The Morgan fingerprint density at radius 3 is 2.66 bits per heavy atom. The molecule has 32 heavy (non-hydrogen) atoms. The molecule has 0 N–H and O–H groups in total. The number of halogens is 1. The molecular formula is C20H16FN7O4. The summed E-state index contributed by atoms with van der Waals surface area (Å²) in [6.07, 6.45) is 1.35. The van der Waals surface area contributed by atoms with Crippen LogP contribution in [-0.4, -0.2) is 46.9 Å². The third-order valence-corrected chi connectivity index (χ3v) is 4.95. The van der Waals surface area contributed by atoms with E-state index in [0.29, 0.717) is 29.4 Å². The first-order valence-electron chi connectivity index (χ1n) is 9.58. The van der Waals surface area contributed by atoms with E-state index in [4.69, 9.17) is 9.47 Å². The normalized spacial score (nSPS) is 17.1. The van der Waals surface area contributed by atoms with E-state index < -0.39 is 10.5 Å². The smallest absolute Gasteiger partial charge is 0.415 e. The number of rotatable bonds is 6. The lowest BCUT2D eigenvalue weighted by atomic mass is 10.1. The highest BCUT2D eigenvalue weighted by atomic mass is 19.1. The van der Waals surface area contributed by atoms with Crippen molar-refractivity contribution in [2.24, 2.45) is 0 Å². The average Bonchev–Trinajstić information content (AvgIpc) is 3.47. The number of nitrogens with zero attached hydrogens (tertiary/aromatic N) is 7. The van der Waals surface area contributed by atoms with Gasteiger partial charge in [0.2, 0.25) is 0 Å². The molecule has 0 amide bonds. The standard InChI is InChI=1S/C20H16FN7O4/c1-20(11-26-10-17(28(29)30)22-19(26)32-20)12-31-16-8-6-15(7-9-16)27-18(23-24-25-27)13-2-4-14(21)5-3-13/h2-10H,11-12H2,1H3/t20-/m1/s1. The fourth-order valence-electron chi connectivity index (χ4n) is 3.42. The van der Waals surface area contributed by atoms with Gasteiger partial charge in [-0.2, -0.15) is 4.68 Å². The molecule has 1 atom stereocenters. The maximum Gasteiger partial charge on any atom is 0.415 e. The van der Waals surface area contributed by atoms with Gasteiger partial charge in [-0.3, -0.25) is 4.57 Å². The van der Waals surface area contributed by atoms with Crippen LogP contribution in [0, 0.1) is 15.9 Å². The summed E-state index contributed by atoms with van der Waals surface area (Å²) in [4.78, 5) is 14.1. The van der Waals surface area contributed by atoms with E-state index in [9.17, 15) is 14.5 Å². The molecule has 0 saturated heterocycles. The second kappa shape index (κ2) is 7.41. The molecule has 12 heteroatoms. The molecule has 2 aromatic heterocycles. The molecule has 4 aromatic rings. The molecule has 1 aliphatic heterocycles. The summed E-state index contributed by atoms with van der Waals surface area (Å²) in [5, 5.41) is 22.6. The van der Waals surface area contributed by atoms with Crippen LogP contribution in [0.1, 0.15) is 6.92 Å². The van der Waals surface area contributed by atoms with Gasteiger partial charge in [0.25, 0.3) is 0 Å². The first kappa shape index (κ1) is 19.6. The van der Waals surface area contributed by atoms with Gasteiger partial charge in [0.15, 0.2) is 11.4 Å². The predicted octanol–water partition coefficient (Wildman–Crippen LogP) is 2.80. The molecule has 0 radical (unpaired) electrons. The first-order valence-corrected chi connectivity index (χ1v) is 9.58. The van der Waals surface area contributed by atoms with Gasteiger partial charge < -0.3 is 19.6 Å². The van der Waals surface area contributed by atoms with Crippen LogP contribution in [0.3, 0.4) is 0 Å². The van der Waals surface area contributed by atoms with Crippen LogP contribution < -0.4 is 9.47 Å². The van der Waals surface area contributed by atoms with E-state index >= 15 is 0 Å². The fraction of sp³-hybridized carbons (Fsp3) is 0.200. The van der Waals surface area contributed by atoms with Crippen molar-refractivity contribution in [3.05, 3.63) is 70.7 Å². The molecule has 0 spiro atoms. The van der Waals surface area contributed by atoms with E-state index in [1.165, 1.54) is 18.3 Å². The summed E-state index contributed by atoms with van der Waals surface area (Å²) in [5.74, 6) is 0.497. The Hall–Kier alpha value is -4.35. The number of benzene rings is 2. The summed E-state index contributed by atoms with van der Waals surface area (Å²) in [7, 11) is 0. The summed E-state index contributed by atoms with van der Waals surface area (Å²) >= 11 is 0. The Kier molecular flexibility index (Phi) is 4.54. The van der Waals surface area contributed by atoms with E-state index in [0.717, 1.165) is 0 Å². The monoisotopic (exact) mass is 437 g/mol. The van der Waals surface area contributed by atoms with Crippen molar-refractivity contribution in [3.8, 4) is 28.8 Å². The minimum absolute atomic E-state index is 0.199. The second-order valence-electron chi connectivity index (χ2n) is 7.52. The van der Waals surface area contributed by atoms with Crippen molar-refractivity contribution in [3.63, 3.8) is 0 Å². The third kappa shape index (κ3) is 3.62. The van der Waals surface area contributed by atoms with Crippen molar-refractivity contribution in [1.29, 1.82) is 0 Å². The number of tetrazole rings is 1. The highest BCUT2D eigenvalue weighted by Crippen LogP contribution is 2.31. The molecule has 0 bridgehead atoms. The van der Waals surface area contributed by atoms with Gasteiger partial charge in [-0.25, -0.2) is 4.39 Å². The number of ether oxygens (including phenoxy) is 2. The SMILES string of the molecule is C[C@]1(COc2ccc(-n3nnnc3-c3ccc(F)cc3)cc2)Cn2cc([N+](=O)[O-])nc2O1. The molecule has 162 valence electrons. The Morgan fingerprint density at radius 2 is 1.97 bits per heavy atom. The largest absolute Gasteiger partial charge is 0.489 e. The van der Waals surface area contributed by atoms with Gasteiger partial charge in [-0.05, 0) is 70.8 Å². The molecule has 11 nitrogen and oxygen atoms in total. The summed E-state index contributed by atoms with van der Waals surface area (Å²) in [6.45, 7) is 2.44. The Bertz CT molecular complexity index is 1260. The lowest BCUT2D eigenvalue weighted by molar-refractivity contribution is -0.389. The Morgan fingerprint density at radius 1 is 1.22 bits per heavy atom. The lowest BCUT2D eigenvalue weighted by Crippen LogP contribution is -2.38. The molecule has 2 aromatic carbocycles. The lowest BCUT2D eigenvalue weighted by Gasteiger charge is -2.22. The van der Waals surface area contributed by atoms with E-state index in [2.05, 4.69) is 20.5 Å². The summed E-state index contributed by atoms with van der Waals surface area (Å²) < 4.78 is 28.0. The topological polar surface area (TPSA) is 123 Å². The highest BCUT2D eigenvalue weighted by molar-refractivity contribution is 5.57. The quantitative estimate of drug-likeness (QED) is 0.333. The van der Waals surface area contributed by atoms with Crippen LogP contribution in [0.15, 0.2) is 54.7 Å². The molecule has 3 heterocycles. The van der Waals surface area contributed by atoms with Crippen LogP contribution in [0.5, 0.6) is 11.8 Å². The number of hydrogen-bond acceptors (Lipinski definition) is 8. The fourth-order valence-corrected chi connectivity index (χ4v) is 3.42. The van der Waals surface area contributed by atoms with E-state index in [1.807, 2.05) is 6.92 Å². The number of fused-ring (bicyclic) bond motifs is 1. The number of hydrogen-bond donors (Lipinski definition) is 0. The molecule has 0 unspecified atom stereocenters. The van der Waals surface area contributed by atoms with Crippen LogP contribution >= 0.6 is 0 Å². The van der Waals surface area contributed by atoms with E-state index in [-0.39, 0.29) is 24.3 Å². The highest BCUT2D eigenvalue weighted by Gasteiger charge is 2.41. The van der Waals surface area contributed by atoms with Crippen molar-refractivity contribution < 1.29 is 18.8 Å². The van der Waals surface area contributed by atoms with Gasteiger partial charge in [-0.1, -0.05) is 0 Å². The maximum atomic E-state index is 13.2. The van der Waals surface area contributed by atoms with Gasteiger partial charge in [0.1, 0.15) is 24.4 Å². The zero-order chi connectivity index (χ0) is 22.3. The average molecular weight is 437 g/mol. The summed E-state index contributed by atoms with van der Waals surface area (Å²) in [6, 6.07) is 13.2. The molecule has 0 aliphatic carbocycles. The maximum absolute atomic E-state index is 13.2. The van der Waals surface area contributed by atoms with Crippen LogP contribution in [0.25, 0.3) is 17.1 Å². The predicted molar refractivity (Wildman–Crippen MR) is 108 cm³/mol. The minimum Gasteiger partial charge on any atom is -0.489 e. The number of aromatic nitrogens is 6. The molecule has 5 rings (SSSR count). The Balaban J connectivity index is 1.26. The Labute approximate surface area is 180 Å². The van der Waals surface area contributed by atoms with Gasteiger partial charge >= 0.3 is 11.8 Å². The van der Waals surface area contributed by atoms with Crippen molar-refractivity contribution >= 4 is 5.82 Å². The van der Waals surface area contributed by atoms with Crippen molar-refractivity contribution in [2.45, 2.75) is 19.1 Å². The van der Waals surface area contributed by atoms with Gasteiger partial charge in [0.05, 0.1) is 12.2 Å². The minimum atomic E-state index is -0.707. The molecule has 0 fully saturated rings. The summed E-state index contributed by atoms with van der Waals surface area (Å²) in [5.41, 5.74) is 0.681. The van der Waals surface area contributed by atoms with Gasteiger partial charge in [-0.15, -0.1) is 5.10 Å². The number of imidazole rings is 1. The van der Waals surface area contributed by atoms with Crippen molar-refractivity contribution in [1.82, 2.24) is 29.8 Å². The first-order chi connectivity index (χ1) is 15.4. The molecular weight excluding hydrogens is 421 g/mol. The zero-order valence-corrected chi connectivity index (χ0v) is 16.8. The molecule has 0 saturated carbocycles. The number of nitro groups is 1. The van der Waals surface area contributed by atoms with Gasteiger partial charge in [0, 0.05) is 10.5 Å². The second-order valence-corrected chi connectivity index (χ2v) is 7.52.